The van der Waals surface area contributed by atoms with Gasteiger partial charge in [-0.05, 0) is 19.1 Å². The quantitative estimate of drug-likeness (QED) is 0.694. The summed E-state index contributed by atoms with van der Waals surface area (Å²) in [5, 5.41) is 2.01. The lowest BCUT2D eigenvalue weighted by Crippen LogP contribution is -2.21. The summed E-state index contributed by atoms with van der Waals surface area (Å²) in [5.41, 5.74) is 0.913. The molecule has 0 saturated carbocycles. The topological polar surface area (TPSA) is 51.4 Å². The third-order valence-corrected chi connectivity index (χ3v) is 4.57. The highest BCUT2D eigenvalue weighted by Crippen LogP contribution is 2.30. The molecule has 0 aliphatic carbocycles. The van der Waals surface area contributed by atoms with Crippen LogP contribution in [0.4, 0.5) is 5.13 Å². The normalized spacial score (nSPS) is 12.7. The van der Waals surface area contributed by atoms with Crippen LogP contribution in [0.1, 0.15) is 24.6 Å². The number of benzene rings is 1. The van der Waals surface area contributed by atoms with Crippen LogP contribution in [0.2, 0.25) is 0 Å². The molecule has 3 rings (SSSR count). The van der Waals surface area contributed by atoms with Gasteiger partial charge in [0.15, 0.2) is 0 Å². The lowest BCUT2D eigenvalue weighted by Gasteiger charge is -2.21. The van der Waals surface area contributed by atoms with Gasteiger partial charge in [-0.1, -0.05) is 18.2 Å². The standard InChI is InChI=1S/C16H19N3O2S/c1-11(14-10-12-6-4-5-7-13(12)21-14)19(2)16-17-15(18-22-16)8-9-20-3/h4-7,10-11H,8-9H2,1-3H3. The molecule has 1 atom stereocenters. The summed E-state index contributed by atoms with van der Waals surface area (Å²) in [7, 11) is 3.70. The van der Waals surface area contributed by atoms with Gasteiger partial charge in [0.1, 0.15) is 17.2 Å². The molecule has 2 aromatic heterocycles. The second-order valence-corrected chi connectivity index (χ2v) is 5.94. The van der Waals surface area contributed by atoms with Gasteiger partial charge in [0, 0.05) is 37.5 Å². The highest BCUT2D eigenvalue weighted by atomic mass is 32.1. The Kier molecular flexibility index (Phi) is 4.40. The first-order valence-corrected chi connectivity index (χ1v) is 7.99. The molecule has 0 radical (unpaired) electrons. The summed E-state index contributed by atoms with van der Waals surface area (Å²) < 4.78 is 15.4. The van der Waals surface area contributed by atoms with Crippen LogP contribution in [0, 0.1) is 0 Å². The van der Waals surface area contributed by atoms with Crippen LogP contribution in [0.15, 0.2) is 34.7 Å². The maximum atomic E-state index is 5.94. The van der Waals surface area contributed by atoms with Gasteiger partial charge in [-0.25, -0.2) is 4.98 Å². The molecule has 0 amide bonds. The molecule has 116 valence electrons. The zero-order valence-corrected chi connectivity index (χ0v) is 13.8. The zero-order chi connectivity index (χ0) is 15.5. The van der Waals surface area contributed by atoms with Crippen molar-refractivity contribution in [3.63, 3.8) is 0 Å². The lowest BCUT2D eigenvalue weighted by molar-refractivity contribution is 0.201. The number of hydrogen-bond acceptors (Lipinski definition) is 6. The Morgan fingerprint density at radius 1 is 1.36 bits per heavy atom. The fourth-order valence-electron chi connectivity index (χ4n) is 2.25. The molecule has 0 fully saturated rings. The number of methoxy groups -OCH3 is 1. The summed E-state index contributed by atoms with van der Waals surface area (Å²) in [5.74, 6) is 1.75. The van der Waals surface area contributed by atoms with E-state index in [1.165, 1.54) is 11.5 Å². The number of aromatic nitrogens is 2. The van der Waals surface area contributed by atoms with E-state index in [2.05, 4.69) is 33.3 Å². The zero-order valence-electron chi connectivity index (χ0n) is 12.9. The van der Waals surface area contributed by atoms with Crippen LogP contribution in [0.3, 0.4) is 0 Å². The molecule has 0 bridgehead atoms. The van der Waals surface area contributed by atoms with Gasteiger partial charge in [-0.15, -0.1) is 0 Å². The molecule has 1 unspecified atom stereocenters. The van der Waals surface area contributed by atoms with Crippen molar-refractivity contribution in [1.29, 1.82) is 0 Å². The SMILES string of the molecule is COCCc1nsc(N(C)C(C)c2cc3ccccc3o2)n1. The first-order valence-electron chi connectivity index (χ1n) is 7.22. The van der Waals surface area contributed by atoms with Crippen molar-refractivity contribution in [1.82, 2.24) is 9.36 Å². The first kappa shape index (κ1) is 15.0. The van der Waals surface area contributed by atoms with Gasteiger partial charge in [-0.2, -0.15) is 4.37 Å². The number of nitrogens with zero attached hydrogens (tertiary/aromatic N) is 3. The fraction of sp³-hybridized carbons (Fsp3) is 0.375. The average Bonchev–Trinajstić information content (AvgIpc) is 3.17. The number of furan rings is 1. The highest BCUT2D eigenvalue weighted by Gasteiger charge is 2.19. The molecule has 0 N–H and O–H groups in total. The van der Waals surface area contributed by atoms with Crippen LogP contribution in [-0.2, 0) is 11.2 Å². The minimum Gasteiger partial charge on any atom is -0.459 e. The van der Waals surface area contributed by atoms with Crippen molar-refractivity contribution in [2.24, 2.45) is 0 Å². The number of rotatable bonds is 6. The van der Waals surface area contributed by atoms with E-state index >= 15 is 0 Å². The summed E-state index contributed by atoms with van der Waals surface area (Å²) in [6.45, 7) is 2.74. The van der Waals surface area contributed by atoms with Crippen LogP contribution in [0.25, 0.3) is 11.0 Å². The molecule has 5 nitrogen and oxygen atoms in total. The van der Waals surface area contributed by atoms with Crippen LogP contribution >= 0.6 is 11.5 Å². The lowest BCUT2D eigenvalue weighted by atomic mass is 10.2. The molecule has 22 heavy (non-hydrogen) atoms. The van der Waals surface area contributed by atoms with E-state index in [9.17, 15) is 0 Å². The Hall–Kier alpha value is -1.92. The molecule has 0 aliphatic heterocycles. The molecule has 1 aromatic carbocycles. The van der Waals surface area contributed by atoms with Gasteiger partial charge < -0.3 is 14.1 Å². The molecular weight excluding hydrogens is 298 g/mol. The number of fused-ring (bicyclic) bond motifs is 1. The van der Waals surface area contributed by atoms with E-state index in [-0.39, 0.29) is 6.04 Å². The summed E-state index contributed by atoms with van der Waals surface area (Å²) in [6, 6.07) is 10.2. The maximum absolute atomic E-state index is 5.94. The Morgan fingerprint density at radius 3 is 2.95 bits per heavy atom. The fourth-order valence-corrected chi connectivity index (χ4v) is 3.00. The molecule has 6 heteroatoms. The molecule has 0 aliphatic rings. The van der Waals surface area contributed by atoms with Crippen molar-refractivity contribution >= 4 is 27.6 Å². The summed E-state index contributed by atoms with van der Waals surface area (Å²) >= 11 is 1.41. The number of hydrogen-bond donors (Lipinski definition) is 0. The predicted molar refractivity (Wildman–Crippen MR) is 88.5 cm³/mol. The van der Waals surface area contributed by atoms with Gasteiger partial charge in [0.2, 0.25) is 5.13 Å². The Labute approximate surface area is 133 Å². The summed E-state index contributed by atoms with van der Waals surface area (Å²) in [6.07, 6.45) is 0.736. The largest absolute Gasteiger partial charge is 0.459 e. The van der Waals surface area contributed by atoms with Crippen molar-refractivity contribution < 1.29 is 9.15 Å². The van der Waals surface area contributed by atoms with Crippen molar-refractivity contribution in [2.75, 3.05) is 25.7 Å². The Balaban J connectivity index is 1.78. The van der Waals surface area contributed by atoms with Gasteiger partial charge in [-0.3, -0.25) is 0 Å². The van der Waals surface area contributed by atoms with E-state index < -0.39 is 0 Å². The highest BCUT2D eigenvalue weighted by molar-refractivity contribution is 7.09. The number of ether oxygens (including phenoxy) is 1. The molecule has 0 spiro atoms. The maximum Gasteiger partial charge on any atom is 0.205 e. The van der Waals surface area contributed by atoms with Crippen LogP contribution < -0.4 is 4.90 Å². The smallest absolute Gasteiger partial charge is 0.205 e. The number of para-hydroxylation sites is 1. The third kappa shape index (κ3) is 2.98. The van der Waals surface area contributed by atoms with E-state index in [4.69, 9.17) is 9.15 Å². The van der Waals surface area contributed by atoms with E-state index in [1.54, 1.807) is 7.11 Å². The molecule has 2 heterocycles. The monoisotopic (exact) mass is 317 g/mol. The third-order valence-electron chi connectivity index (χ3n) is 3.73. The van der Waals surface area contributed by atoms with E-state index in [0.717, 1.165) is 34.1 Å². The van der Waals surface area contributed by atoms with Gasteiger partial charge >= 0.3 is 0 Å². The van der Waals surface area contributed by atoms with Gasteiger partial charge in [0.05, 0.1) is 12.6 Å². The van der Waals surface area contributed by atoms with Crippen LogP contribution in [0.5, 0.6) is 0 Å². The molecular formula is C16H19N3O2S. The summed E-state index contributed by atoms with van der Waals surface area (Å²) in [4.78, 5) is 6.65. The minimum atomic E-state index is 0.0932. The Bertz CT molecular complexity index is 720. The molecule has 0 saturated heterocycles. The van der Waals surface area contributed by atoms with Gasteiger partial charge in [0.25, 0.3) is 0 Å². The number of anilines is 1. The van der Waals surface area contributed by atoms with E-state index in [1.807, 2.05) is 25.2 Å². The van der Waals surface area contributed by atoms with Crippen molar-refractivity contribution in [3.05, 3.63) is 41.9 Å². The second kappa shape index (κ2) is 6.46. The minimum absolute atomic E-state index is 0.0932. The molecule has 3 aromatic rings. The predicted octanol–water partition coefficient (Wildman–Crippen LogP) is 3.67. The Morgan fingerprint density at radius 2 is 2.18 bits per heavy atom. The first-order chi connectivity index (χ1) is 10.7. The van der Waals surface area contributed by atoms with E-state index in [0.29, 0.717) is 6.61 Å². The second-order valence-electron chi connectivity index (χ2n) is 5.21. The van der Waals surface area contributed by atoms with Crippen molar-refractivity contribution in [3.8, 4) is 0 Å². The van der Waals surface area contributed by atoms with Crippen LogP contribution in [-0.4, -0.2) is 30.1 Å². The average molecular weight is 317 g/mol. The van der Waals surface area contributed by atoms with Crippen molar-refractivity contribution in [2.45, 2.75) is 19.4 Å².